The van der Waals surface area contributed by atoms with E-state index >= 15 is 0 Å². The predicted octanol–water partition coefficient (Wildman–Crippen LogP) is 4.25. The Balaban J connectivity index is 2.37. The number of benzene rings is 3. The van der Waals surface area contributed by atoms with E-state index < -0.39 is 5.97 Å². The van der Waals surface area contributed by atoms with Crippen molar-refractivity contribution in [1.29, 1.82) is 0 Å². The molecule has 3 aromatic carbocycles. The lowest BCUT2D eigenvalue weighted by Gasteiger charge is -2.06. The molecule has 1 N–H and O–H groups in total. The number of rotatable bonds is 2. The third kappa shape index (κ3) is 1.95. The number of carboxylic acids is 1. The van der Waals surface area contributed by atoms with Crippen molar-refractivity contribution in [1.82, 2.24) is 0 Å². The Hall–Kier alpha value is -2.35. The van der Waals surface area contributed by atoms with Gasteiger partial charge in [-0.25, -0.2) is 4.79 Å². The van der Waals surface area contributed by atoms with Gasteiger partial charge in [-0.1, -0.05) is 37.3 Å². The number of aromatic carboxylic acids is 1. The third-order valence-electron chi connectivity index (χ3n) is 3.54. The van der Waals surface area contributed by atoms with Gasteiger partial charge in [-0.05, 0) is 51.7 Å². The zero-order chi connectivity index (χ0) is 13.4. The maximum atomic E-state index is 11.3. The van der Waals surface area contributed by atoms with Crippen LogP contribution in [0.15, 0.2) is 48.5 Å². The van der Waals surface area contributed by atoms with Crippen LogP contribution in [0.25, 0.3) is 21.5 Å². The fraction of sp³-hybridized carbons (Fsp3) is 0.118. The molecule has 0 amide bonds. The molecule has 0 aromatic heterocycles. The molecule has 0 saturated heterocycles. The van der Waals surface area contributed by atoms with Crippen LogP contribution in [-0.2, 0) is 6.42 Å². The van der Waals surface area contributed by atoms with E-state index in [2.05, 4.69) is 31.2 Å². The van der Waals surface area contributed by atoms with Crippen LogP contribution >= 0.6 is 0 Å². The van der Waals surface area contributed by atoms with Gasteiger partial charge in [-0.2, -0.15) is 0 Å². The summed E-state index contributed by atoms with van der Waals surface area (Å²) in [6.07, 6.45) is 1.00. The summed E-state index contributed by atoms with van der Waals surface area (Å²) in [6.45, 7) is 2.13. The molecule has 2 nitrogen and oxygen atoms in total. The lowest BCUT2D eigenvalue weighted by atomic mass is 9.98. The van der Waals surface area contributed by atoms with Crippen molar-refractivity contribution in [2.75, 3.05) is 0 Å². The summed E-state index contributed by atoms with van der Waals surface area (Å²) in [5.74, 6) is -0.880. The summed E-state index contributed by atoms with van der Waals surface area (Å²) < 4.78 is 0. The second-order valence-electron chi connectivity index (χ2n) is 4.72. The van der Waals surface area contributed by atoms with Crippen LogP contribution in [0.1, 0.15) is 22.8 Å². The Labute approximate surface area is 111 Å². The number of carboxylic acid groups (broad SMARTS) is 1. The quantitative estimate of drug-likeness (QED) is 0.690. The minimum Gasteiger partial charge on any atom is -0.478 e. The molecule has 19 heavy (non-hydrogen) atoms. The largest absolute Gasteiger partial charge is 0.478 e. The number of aryl methyl sites for hydroxylation is 1. The smallest absolute Gasteiger partial charge is 0.336 e. The van der Waals surface area contributed by atoms with E-state index in [9.17, 15) is 9.90 Å². The lowest BCUT2D eigenvalue weighted by Crippen LogP contribution is -1.97. The summed E-state index contributed by atoms with van der Waals surface area (Å²) in [6, 6.07) is 15.8. The Morgan fingerprint density at radius 3 is 2.58 bits per heavy atom. The first-order valence-corrected chi connectivity index (χ1v) is 6.38. The van der Waals surface area contributed by atoms with Crippen molar-refractivity contribution in [3.8, 4) is 0 Å². The highest BCUT2D eigenvalue weighted by atomic mass is 16.4. The average molecular weight is 250 g/mol. The third-order valence-corrected chi connectivity index (χ3v) is 3.54. The molecular formula is C17H14O2. The van der Waals surface area contributed by atoms with Crippen molar-refractivity contribution in [2.45, 2.75) is 13.3 Å². The molecule has 0 atom stereocenters. The van der Waals surface area contributed by atoms with Crippen molar-refractivity contribution in [3.05, 3.63) is 59.7 Å². The van der Waals surface area contributed by atoms with Crippen LogP contribution in [0, 0.1) is 0 Å². The Kier molecular flexibility index (Phi) is 2.71. The van der Waals surface area contributed by atoms with Crippen molar-refractivity contribution >= 4 is 27.5 Å². The van der Waals surface area contributed by atoms with Crippen molar-refractivity contribution in [3.63, 3.8) is 0 Å². The summed E-state index contributed by atoms with van der Waals surface area (Å²) in [5, 5.41) is 13.3. The minimum absolute atomic E-state index is 0.360. The van der Waals surface area contributed by atoms with Gasteiger partial charge in [-0.3, -0.25) is 0 Å². The SMILES string of the molecule is CCc1ccc2cc3c(C(=O)O)cccc3cc2c1. The van der Waals surface area contributed by atoms with Crippen LogP contribution in [0.4, 0.5) is 0 Å². The highest BCUT2D eigenvalue weighted by Gasteiger charge is 2.08. The fourth-order valence-electron chi connectivity index (χ4n) is 2.48. The molecule has 0 fully saturated rings. The Morgan fingerprint density at radius 2 is 1.84 bits per heavy atom. The minimum atomic E-state index is -0.880. The van der Waals surface area contributed by atoms with Gasteiger partial charge in [0.1, 0.15) is 0 Å². The molecule has 0 spiro atoms. The molecule has 0 aliphatic carbocycles. The summed E-state index contributed by atoms with van der Waals surface area (Å²) >= 11 is 0. The van der Waals surface area contributed by atoms with Gasteiger partial charge in [-0.15, -0.1) is 0 Å². The molecule has 0 unspecified atom stereocenters. The highest BCUT2D eigenvalue weighted by molar-refractivity contribution is 6.08. The van der Waals surface area contributed by atoms with Gasteiger partial charge in [0.05, 0.1) is 5.56 Å². The van der Waals surface area contributed by atoms with Gasteiger partial charge in [0.15, 0.2) is 0 Å². The van der Waals surface area contributed by atoms with Crippen LogP contribution < -0.4 is 0 Å². The van der Waals surface area contributed by atoms with Crippen molar-refractivity contribution < 1.29 is 9.90 Å². The molecule has 94 valence electrons. The zero-order valence-electron chi connectivity index (χ0n) is 10.7. The molecule has 0 aliphatic heterocycles. The summed E-state index contributed by atoms with van der Waals surface area (Å²) in [7, 11) is 0. The maximum absolute atomic E-state index is 11.3. The monoisotopic (exact) mass is 250 g/mol. The number of hydrogen-bond donors (Lipinski definition) is 1. The van der Waals surface area contributed by atoms with E-state index in [0.29, 0.717) is 5.56 Å². The molecule has 0 heterocycles. The van der Waals surface area contributed by atoms with Gasteiger partial charge < -0.3 is 5.11 Å². The van der Waals surface area contributed by atoms with E-state index in [1.165, 1.54) is 5.56 Å². The van der Waals surface area contributed by atoms with Gasteiger partial charge in [0.25, 0.3) is 0 Å². The molecule has 2 heteroatoms. The van der Waals surface area contributed by atoms with Gasteiger partial charge >= 0.3 is 5.97 Å². The van der Waals surface area contributed by atoms with Crippen LogP contribution in [-0.4, -0.2) is 11.1 Å². The second kappa shape index (κ2) is 4.39. The normalized spacial score (nSPS) is 11.0. The van der Waals surface area contributed by atoms with E-state index in [0.717, 1.165) is 28.0 Å². The molecule has 0 aliphatic rings. The standard InChI is InChI=1S/C17H14O2/c1-2-11-6-7-12-10-16-13(9-14(12)8-11)4-3-5-15(16)17(18)19/h3-10H,2H2,1H3,(H,18,19). The summed E-state index contributed by atoms with van der Waals surface area (Å²) in [4.78, 5) is 11.3. The number of fused-ring (bicyclic) bond motifs is 2. The Morgan fingerprint density at radius 1 is 1.00 bits per heavy atom. The van der Waals surface area contributed by atoms with E-state index in [-0.39, 0.29) is 0 Å². The maximum Gasteiger partial charge on any atom is 0.336 e. The predicted molar refractivity (Wildman–Crippen MR) is 77.8 cm³/mol. The molecule has 0 bridgehead atoms. The van der Waals surface area contributed by atoms with Crippen LogP contribution in [0.2, 0.25) is 0 Å². The molecule has 0 saturated carbocycles. The first-order valence-electron chi connectivity index (χ1n) is 6.38. The molecule has 0 radical (unpaired) electrons. The van der Waals surface area contributed by atoms with Crippen molar-refractivity contribution in [2.24, 2.45) is 0 Å². The summed E-state index contributed by atoms with van der Waals surface area (Å²) in [5.41, 5.74) is 1.65. The second-order valence-corrected chi connectivity index (χ2v) is 4.72. The van der Waals surface area contributed by atoms with E-state index in [1.807, 2.05) is 12.1 Å². The van der Waals surface area contributed by atoms with Gasteiger partial charge in [0.2, 0.25) is 0 Å². The highest BCUT2D eigenvalue weighted by Crippen LogP contribution is 2.26. The zero-order valence-corrected chi connectivity index (χ0v) is 10.7. The topological polar surface area (TPSA) is 37.3 Å². The fourth-order valence-corrected chi connectivity index (χ4v) is 2.48. The molecule has 3 aromatic rings. The van der Waals surface area contributed by atoms with Gasteiger partial charge in [0, 0.05) is 0 Å². The first kappa shape index (κ1) is 11.7. The Bertz CT molecular complexity index is 788. The number of carbonyl (C=O) groups is 1. The van der Waals surface area contributed by atoms with Crippen LogP contribution in [0.5, 0.6) is 0 Å². The molecule has 3 rings (SSSR count). The van der Waals surface area contributed by atoms with Crippen LogP contribution in [0.3, 0.4) is 0 Å². The molecular weight excluding hydrogens is 236 g/mol. The number of hydrogen-bond acceptors (Lipinski definition) is 1. The average Bonchev–Trinajstić information content (AvgIpc) is 2.43. The van der Waals surface area contributed by atoms with E-state index in [1.54, 1.807) is 12.1 Å². The van der Waals surface area contributed by atoms with E-state index in [4.69, 9.17) is 0 Å². The lowest BCUT2D eigenvalue weighted by molar-refractivity contribution is 0.0699. The first-order chi connectivity index (χ1) is 9.19.